The van der Waals surface area contributed by atoms with Gasteiger partial charge in [0, 0.05) is 37.8 Å². The molecule has 0 saturated heterocycles. The number of hydrogen-bond acceptors (Lipinski definition) is 8. The molecule has 1 amide bonds. The number of unbranched alkanes of at least 4 members (excludes halogenated alkanes) is 1. The Kier molecular flexibility index (Phi) is 10.3. The van der Waals surface area contributed by atoms with Gasteiger partial charge in [-0.05, 0) is 36.1 Å². The van der Waals surface area contributed by atoms with Crippen LogP contribution < -0.4 is 26.1 Å². The third kappa shape index (κ3) is 8.17. The number of nitrogens with one attached hydrogen (secondary N) is 4. The van der Waals surface area contributed by atoms with E-state index in [4.69, 9.17) is 0 Å². The van der Waals surface area contributed by atoms with Crippen LogP contribution >= 0.6 is 0 Å². The largest absolute Gasteiger partial charge is 0.480 e. The van der Waals surface area contributed by atoms with Gasteiger partial charge in [0.25, 0.3) is 5.91 Å². The summed E-state index contributed by atoms with van der Waals surface area (Å²) in [6, 6.07) is 13.6. The number of carbonyl (C=O) groups is 2. The number of aryl methyl sites for hydroxylation is 2. The Balaban J connectivity index is 1.59. The maximum absolute atomic E-state index is 13.5. The van der Waals surface area contributed by atoms with Gasteiger partial charge in [-0.3, -0.25) is 19.4 Å². The SMILES string of the molecule is CCCCS(=O)(=O)NC(CNC(=O)c1cn(CCc2ccccc2)c2cc(CNC3=NCCN3)ccc2c1=O)C(=O)O. The lowest BCUT2D eigenvalue weighted by Crippen LogP contribution is -2.49. The summed E-state index contributed by atoms with van der Waals surface area (Å²) < 4.78 is 28.5. The minimum Gasteiger partial charge on any atom is -0.480 e. The molecule has 0 fully saturated rings. The predicted octanol–water partition coefficient (Wildman–Crippen LogP) is 1.20. The second kappa shape index (κ2) is 14.1. The lowest BCUT2D eigenvalue weighted by molar-refractivity contribution is -0.138. The van der Waals surface area contributed by atoms with Gasteiger partial charge in [-0.1, -0.05) is 49.7 Å². The van der Waals surface area contributed by atoms with Crippen LogP contribution in [0.5, 0.6) is 0 Å². The summed E-state index contributed by atoms with van der Waals surface area (Å²) in [5, 5.41) is 18.7. The number of rotatable bonds is 14. The zero-order chi connectivity index (χ0) is 30.1. The predicted molar refractivity (Wildman–Crippen MR) is 161 cm³/mol. The van der Waals surface area contributed by atoms with Crippen molar-refractivity contribution >= 4 is 38.8 Å². The molecule has 42 heavy (non-hydrogen) atoms. The van der Waals surface area contributed by atoms with Gasteiger partial charge >= 0.3 is 5.97 Å². The van der Waals surface area contributed by atoms with Gasteiger partial charge in [0.1, 0.15) is 11.6 Å². The Morgan fingerprint density at radius 2 is 1.93 bits per heavy atom. The first-order chi connectivity index (χ1) is 20.2. The highest BCUT2D eigenvalue weighted by atomic mass is 32.2. The first kappa shape index (κ1) is 30.7. The van der Waals surface area contributed by atoms with Gasteiger partial charge in [0.2, 0.25) is 15.5 Å². The molecule has 1 aromatic heterocycles. The molecule has 3 aromatic rings. The number of pyridine rings is 1. The number of aliphatic imine (C=N–C) groups is 1. The fourth-order valence-electron chi connectivity index (χ4n) is 4.57. The number of fused-ring (bicyclic) bond motifs is 1. The van der Waals surface area contributed by atoms with Gasteiger partial charge in [-0.2, -0.15) is 4.72 Å². The summed E-state index contributed by atoms with van der Waals surface area (Å²) in [7, 11) is -3.86. The summed E-state index contributed by atoms with van der Waals surface area (Å²) >= 11 is 0. The van der Waals surface area contributed by atoms with Crippen molar-refractivity contribution in [1.82, 2.24) is 25.2 Å². The number of benzene rings is 2. The number of amides is 1. The van der Waals surface area contributed by atoms with E-state index in [-0.39, 0.29) is 11.3 Å². The van der Waals surface area contributed by atoms with Gasteiger partial charge in [0.15, 0.2) is 5.96 Å². The van der Waals surface area contributed by atoms with Crippen molar-refractivity contribution in [2.45, 2.75) is 45.3 Å². The third-order valence-electron chi connectivity index (χ3n) is 6.86. The minimum absolute atomic E-state index is 0.163. The topological polar surface area (TPSA) is 171 Å². The van der Waals surface area contributed by atoms with E-state index in [0.717, 1.165) is 23.6 Å². The number of aliphatic carboxylic acids is 1. The molecule has 4 rings (SSSR count). The van der Waals surface area contributed by atoms with E-state index < -0.39 is 39.9 Å². The number of carbonyl (C=O) groups excluding carboxylic acids is 1. The number of carboxylic acid groups (broad SMARTS) is 1. The molecule has 1 aliphatic heterocycles. The molecule has 5 N–H and O–H groups in total. The van der Waals surface area contributed by atoms with Crippen LogP contribution in [0.1, 0.15) is 41.3 Å². The molecule has 0 bridgehead atoms. The average molecular weight is 597 g/mol. The lowest BCUT2D eigenvalue weighted by Gasteiger charge is -2.17. The highest BCUT2D eigenvalue weighted by molar-refractivity contribution is 7.89. The maximum Gasteiger partial charge on any atom is 0.323 e. The van der Waals surface area contributed by atoms with Crippen LogP contribution in [-0.4, -0.2) is 67.4 Å². The van der Waals surface area contributed by atoms with E-state index in [1.807, 2.05) is 47.9 Å². The maximum atomic E-state index is 13.5. The van der Waals surface area contributed by atoms with Crippen LogP contribution in [0.4, 0.5) is 0 Å². The van der Waals surface area contributed by atoms with E-state index >= 15 is 0 Å². The molecule has 0 radical (unpaired) electrons. The molecule has 1 atom stereocenters. The Morgan fingerprint density at radius 1 is 1.14 bits per heavy atom. The molecule has 1 unspecified atom stereocenters. The number of nitrogens with zero attached hydrogens (tertiary/aromatic N) is 2. The molecule has 13 heteroatoms. The smallest absolute Gasteiger partial charge is 0.323 e. The van der Waals surface area contributed by atoms with Crippen LogP contribution in [0.3, 0.4) is 0 Å². The van der Waals surface area contributed by atoms with E-state index in [2.05, 4.69) is 25.7 Å². The third-order valence-corrected chi connectivity index (χ3v) is 8.33. The Morgan fingerprint density at radius 3 is 2.62 bits per heavy atom. The zero-order valence-corrected chi connectivity index (χ0v) is 24.2. The first-order valence-electron chi connectivity index (χ1n) is 13.9. The minimum atomic E-state index is -3.86. The van der Waals surface area contributed by atoms with Crippen molar-refractivity contribution in [2.24, 2.45) is 4.99 Å². The monoisotopic (exact) mass is 596 g/mol. The zero-order valence-electron chi connectivity index (χ0n) is 23.4. The molecular formula is C29H36N6O6S. The summed E-state index contributed by atoms with van der Waals surface area (Å²) in [5.41, 5.74) is 1.99. The standard InChI is InChI=1S/C29H36N6O6S/c1-2-3-15-42(40,41)34-24(28(38)39)18-32-27(37)23-19-35(14-11-20-7-5-4-6-8-20)25-16-21(9-10-22(25)26(23)36)17-33-29-30-12-13-31-29/h4-10,16,19,24,34H,2-3,11-15,17-18H2,1H3,(H,32,37)(H,38,39)(H2,30,31,33). The van der Waals surface area contributed by atoms with Crippen LogP contribution in [0.15, 0.2) is 64.5 Å². The van der Waals surface area contributed by atoms with Crippen LogP contribution in [0.25, 0.3) is 10.9 Å². The summed E-state index contributed by atoms with van der Waals surface area (Å²) in [6.07, 6.45) is 3.11. The fourth-order valence-corrected chi connectivity index (χ4v) is 5.97. The average Bonchev–Trinajstić information content (AvgIpc) is 3.51. The molecule has 12 nitrogen and oxygen atoms in total. The van der Waals surface area contributed by atoms with Crippen molar-refractivity contribution in [3.63, 3.8) is 0 Å². The molecule has 224 valence electrons. The van der Waals surface area contributed by atoms with Gasteiger partial charge < -0.3 is 25.6 Å². The second-order valence-electron chi connectivity index (χ2n) is 10.1. The van der Waals surface area contributed by atoms with E-state index in [0.29, 0.717) is 49.8 Å². The number of carboxylic acids is 1. The molecular weight excluding hydrogens is 560 g/mol. The van der Waals surface area contributed by atoms with Crippen molar-refractivity contribution in [1.29, 1.82) is 0 Å². The summed E-state index contributed by atoms with van der Waals surface area (Å²) in [4.78, 5) is 42.7. The van der Waals surface area contributed by atoms with Crippen molar-refractivity contribution in [2.75, 3.05) is 25.4 Å². The van der Waals surface area contributed by atoms with Gasteiger partial charge in [-0.15, -0.1) is 0 Å². The van der Waals surface area contributed by atoms with Crippen LogP contribution in [0, 0.1) is 0 Å². The summed E-state index contributed by atoms with van der Waals surface area (Å²) in [5.74, 6) is -1.73. The van der Waals surface area contributed by atoms with Crippen LogP contribution in [0.2, 0.25) is 0 Å². The normalized spacial score (nSPS) is 13.8. The Hall–Kier alpha value is -4.23. The van der Waals surface area contributed by atoms with Crippen molar-refractivity contribution in [3.8, 4) is 0 Å². The number of hydrogen-bond donors (Lipinski definition) is 5. The summed E-state index contributed by atoms with van der Waals surface area (Å²) in [6.45, 7) is 3.75. The van der Waals surface area contributed by atoms with Crippen LogP contribution in [-0.2, 0) is 34.3 Å². The van der Waals surface area contributed by atoms with Crippen molar-refractivity contribution < 1.29 is 23.1 Å². The molecule has 2 aromatic carbocycles. The Labute approximate surface area is 244 Å². The highest BCUT2D eigenvalue weighted by Gasteiger charge is 2.25. The molecule has 0 spiro atoms. The Bertz CT molecular complexity index is 1620. The van der Waals surface area contributed by atoms with E-state index in [9.17, 15) is 27.9 Å². The van der Waals surface area contributed by atoms with Gasteiger partial charge in [-0.25, -0.2) is 8.42 Å². The first-order valence-corrected chi connectivity index (χ1v) is 15.6. The molecule has 0 aliphatic carbocycles. The molecule has 1 aliphatic rings. The quantitative estimate of drug-likeness (QED) is 0.185. The number of guanidine groups is 1. The molecule has 0 saturated carbocycles. The number of aromatic nitrogens is 1. The molecule has 2 heterocycles. The highest BCUT2D eigenvalue weighted by Crippen LogP contribution is 2.16. The van der Waals surface area contributed by atoms with E-state index in [1.165, 1.54) is 6.20 Å². The van der Waals surface area contributed by atoms with Crippen molar-refractivity contribution in [3.05, 3.63) is 81.6 Å². The van der Waals surface area contributed by atoms with Gasteiger partial charge in [0.05, 0.1) is 17.8 Å². The number of sulfonamides is 1. The fraction of sp³-hybridized carbons (Fsp3) is 0.379. The lowest BCUT2D eigenvalue weighted by atomic mass is 10.1. The van der Waals surface area contributed by atoms with E-state index in [1.54, 1.807) is 12.1 Å². The second-order valence-corrected chi connectivity index (χ2v) is 11.9.